The quantitative estimate of drug-likeness (QED) is 0.834. The van der Waals surface area contributed by atoms with Crippen LogP contribution in [-0.2, 0) is 16.6 Å². The normalized spacial score (nSPS) is 19.6. The maximum atomic E-state index is 12.2. The fraction of sp³-hybridized carbons (Fsp3) is 0.600. The molecular formula is C10H16N2O3S2. The Bertz CT molecular complexity index is 475. The summed E-state index contributed by atoms with van der Waals surface area (Å²) in [7, 11) is -3.39. The zero-order valence-corrected chi connectivity index (χ0v) is 11.0. The molecule has 1 aromatic heterocycles. The topological polar surface area (TPSA) is 83.6 Å². The molecule has 17 heavy (non-hydrogen) atoms. The van der Waals surface area contributed by atoms with Crippen LogP contribution in [0, 0.1) is 0 Å². The van der Waals surface area contributed by atoms with Gasteiger partial charge < -0.3 is 10.8 Å². The molecule has 3 N–H and O–H groups in total. The van der Waals surface area contributed by atoms with Crippen LogP contribution in [0.5, 0.6) is 0 Å². The molecule has 0 aromatic carbocycles. The molecule has 0 aliphatic carbocycles. The predicted octanol–water partition coefficient (Wildman–Crippen LogP) is 0.352. The molecule has 5 nitrogen and oxygen atoms in total. The molecule has 0 bridgehead atoms. The van der Waals surface area contributed by atoms with Crippen molar-refractivity contribution >= 4 is 21.4 Å². The molecule has 7 heteroatoms. The zero-order chi connectivity index (χ0) is 12.5. The summed E-state index contributed by atoms with van der Waals surface area (Å²) in [5.74, 6) is 0. The molecule has 0 spiro atoms. The fourth-order valence-corrected chi connectivity index (χ4v) is 4.67. The first-order chi connectivity index (χ1) is 8.04. The Morgan fingerprint density at radius 3 is 2.59 bits per heavy atom. The van der Waals surface area contributed by atoms with E-state index in [0.29, 0.717) is 36.7 Å². The summed E-state index contributed by atoms with van der Waals surface area (Å²) in [6, 6.07) is 3.35. The third-order valence-electron chi connectivity index (χ3n) is 2.86. The standard InChI is InChI=1S/C10H16N2O3S2/c11-7-9-1-2-10(16-9)17(14,15)12-5-3-8(13)4-6-12/h1-2,8,13H,3-7,11H2. The van der Waals surface area contributed by atoms with Crippen molar-refractivity contribution in [3.63, 3.8) is 0 Å². The lowest BCUT2D eigenvalue weighted by molar-refractivity contribution is 0.113. The number of sulfonamides is 1. The number of hydrogen-bond donors (Lipinski definition) is 2. The number of hydrogen-bond acceptors (Lipinski definition) is 5. The van der Waals surface area contributed by atoms with E-state index >= 15 is 0 Å². The van der Waals surface area contributed by atoms with E-state index in [1.165, 1.54) is 15.6 Å². The molecule has 0 amide bonds. The average molecular weight is 276 g/mol. The van der Waals surface area contributed by atoms with Crippen molar-refractivity contribution in [1.82, 2.24) is 4.31 Å². The van der Waals surface area contributed by atoms with E-state index in [9.17, 15) is 13.5 Å². The van der Waals surface area contributed by atoms with Crippen molar-refractivity contribution in [2.45, 2.75) is 29.7 Å². The Morgan fingerprint density at radius 1 is 1.41 bits per heavy atom. The van der Waals surface area contributed by atoms with Gasteiger partial charge in [0.15, 0.2) is 0 Å². The summed E-state index contributed by atoms with van der Waals surface area (Å²) in [6.45, 7) is 1.14. The van der Waals surface area contributed by atoms with Crippen molar-refractivity contribution in [2.24, 2.45) is 5.73 Å². The van der Waals surface area contributed by atoms with Gasteiger partial charge in [0, 0.05) is 24.5 Å². The minimum absolute atomic E-state index is 0.342. The first-order valence-electron chi connectivity index (χ1n) is 5.51. The predicted molar refractivity (Wildman–Crippen MR) is 66.2 cm³/mol. The second-order valence-electron chi connectivity index (χ2n) is 4.06. The van der Waals surface area contributed by atoms with Crippen LogP contribution in [0.1, 0.15) is 17.7 Å². The Kier molecular flexibility index (Phi) is 3.84. The number of aliphatic hydroxyl groups excluding tert-OH is 1. The maximum absolute atomic E-state index is 12.2. The molecule has 1 saturated heterocycles. The monoisotopic (exact) mass is 276 g/mol. The van der Waals surface area contributed by atoms with Gasteiger partial charge in [-0.2, -0.15) is 4.31 Å². The molecule has 0 atom stereocenters. The van der Waals surface area contributed by atoms with Gasteiger partial charge in [0.25, 0.3) is 10.0 Å². The van der Waals surface area contributed by atoms with Crippen LogP contribution in [0.4, 0.5) is 0 Å². The van der Waals surface area contributed by atoms with Crippen LogP contribution in [0.2, 0.25) is 0 Å². The van der Waals surface area contributed by atoms with Gasteiger partial charge in [0.05, 0.1) is 6.10 Å². The molecule has 1 aliphatic rings. The van der Waals surface area contributed by atoms with Crippen LogP contribution in [0.15, 0.2) is 16.3 Å². The minimum atomic E-state index is -3.39. The van der Waals surface area contributed by atoms with E-state index in [1.54, 1.807) is 12.1 Å². The molecule has 0 radical (unpaired) electrons. The summed E-state index contributed by atoms with van der Waals surface area (Å²) in [5.41, 5.74) is 5.47. The fourth-order valence-electron chi connectivity index (χ4n) is 1.82. The van der Waals surface area contributed by atoms with Gasteiger partial charge in [-0.05, 0) is 25.0 Å². The van der Waals surface area contributed by atoms with Gasteiger partial charge in [-0.3, -0.25) is 0 Å². The van der Waals surface area contributed by atoms with Crippen LogP contribution in [-0.4, -0.2) is 37.0 Å². The molecular weight excluding hydrogens is 260 g/mol. The van der Waals surface area contributed by atoms with Gasteiger partial charge in [0.2, 0.25) is 0 Å². The lowest BCUT2D eigenvalue weighted by Crippen LogP contribution is -2.39. The van der Waals surface area contributed by atoms with Crippen LogP contribution in [0.25, 0.3) is 0 Å². The largest absolute Gasteiger partial charge is 0.393 e. The highest BCUT2D eigenvalue weighted by molar-refractivity contribution is 7.91. The molecule has 0 unspecified atom stereocenters. The maximum Gasteiger partial charge on any atom is 0.252 e. The van der Waals surface area contributed by atoms with Crippen LogP contribution < -0.4 is 5.73 Å². The van der Waals surface area contributed by atoms with Gasteiger partial charge in [-0.15, -0.1) is 11.3 Å². The summed E-state index contributed by atoms with van der Waals surface area (Å²) in [6.07, 6.45) is 0.646. The number of thiophene rings is 1. The number of aliphatic hydroxyl groups is 1. The Morgan fingerprint density at radius 2 is 2.06 bits per heavy atom. The molecule has 0 saturated carbocycles. The van der Waals surface area contributed by atoms with Gasteiger partial charge in [-0.25, -0.2) is 8.42 Å². The minimum Gasteiger partial charge on any atom is -0.393 e. The zero-order valence-electron chi connectivity index (χ0n) is 9.37. The van der Waals surface area contributed by atoms with Crippen molar-refractivity contribution in [3.8, 4) is 0 Å². The van der Waals surface area contributed by atoms with Gasteiger partial charge in [0.1, 0.15) is 4.21 Å². The first kappa shape index (κ1) is 13.0. The summed E-state index contributed by atoms with van der Waals surface area (Å²) in [5, 5.41) is 9.37. The number of nitrogens with two attached hydrogens (primary N) is 1. The second-order valence-corrected chi connectivity index (χ2v) is 7.39. The Hall–Kier alpha value is -0.470. The summed E-state index contributed by atoms with van der Waals surface area (Å²) < 4.78 is 26.3. The van der Waals surface area contributed by atoms with E-state index < -0.39 is 10.0 Å². The van der Waals surface area contributed by atoms with E-state index in [4.69, 9.17) is 5.73 Å². The van der Waals surface area contributed by atoms with Crippen molar-refractivity contribution in [1.29, 1.82) is 0 Å². The Balaban J connectivity index is 2.18. The lowest BCUT2D eigenvalue weighted by Gasteiger charge is -2.28. The SMILES string of the molecule is NCc1ccc(S(=O)(=O)N2CCC(O)CC2)s1. The van der Waals surface area contributed by atoms with Crippen LogP contribution >= 0.6 is 11.3 Å². The van der Waals surface area contributed by atoms with E-state index in [1.807, 2.05) is 0 Å². The highest BCUT2D eigenvalue weighted by Gasteiger charge is 2.29. The summed E-state index contributed by atoms with van der Waals surface area (Å²) >= 11 is 1.22. The molecule has 1 aromatic rings. The summed E-state index contributed by atoms with van der Waals surface area (Å²) in [4.78, 5) is 0.862. The molecule has 1 aliphatic heterocycles. The first-order valence-corrected chi connectivity index (χ1v) is 7.76. The Labute approximate surface area is 105 Å². The van der Waals surface area contributed by atoms with E-state index in [-0.39, 0.29) is 6.10 Å². The van der Waals surface area contributed by atoms with Gasteiger partial charge in [-0.1, -0.05) is 0 Å². The van der Waals surface area contributed by atoms with Crippen molar-refractivity contribution in [2.75, 3.05) is 13.1 Å². The lowest BCUT2D eigenvalue weighted by atomic mass is 10.1. The third-order valence-corrected chi connectivity index (χ3v) is 6.33. The van der Waals surface area contributed by atoms with Gasteiger partial charge >= 0.3 is 0 Å². The number of rotatable bonds is 3. The van der Waals surface area contributed by atoms with Crippen molar-refractivity contribution in [3.05, 3.63) is 17.0 Å². The second kappa shape index (κ2) is 5.03. The third kappa shape index (κ3) is 2.69. The smallest absolute Gasteiger partial charge is 0.252 e. The highest BCUT2D eigenvalue weighted by Crippen LogP contribution is 2.26. The number of nitrogens with zero attached hydrogens (tertiary/aromatic N) is 1. The van der Waals surface area contributed by atoms with Crippen molar-refractivity contribution < 1.29 is 13.5 Å². The van der Waals surface area contributed by atoms with E-state index in [0.717, 1.165) is 4.88 Å². The highest BCUT2D eigenvalue weighted by atomic mass is 32.2. The molecule has 2 rings (SSSR count). The molecule has 2 heterocycles. The van der Waals surface area contributed by atoms with Crippen LogP contribution in [0.3, 0.4) is 0 Å². The van der Waals surface area contributed by atoms with E-state index in [2.05, 4.69) is 0 Å². The number of piperidine rings is 1. The average Bonchev–Trinajstić information content (AvgIpc) is 2.78. The molecule has 96 valence electrons. The molecule has 1 fully saturated rings.